The number of rotatable bonds is 5. The first kappa shape index (κ1) is 20.3. The molecular weight excluding hydrogens is 362 g/mol. The van der Waals surface area contributed by atoms with Gasteiger partial charge in [0.05, 0.1) is 4.90 Å². The Morgan fingerprint density at radius 3 is 2.37 bits per heavy atom. The van der Waals surface area contributed by atoms with E-state index < -0.39 is 10.0 Å². The molecule has 0 spiro atoms. The van der Waals surface area contributed by atoms with Crippen molar-refractivity contribution in [2.45, 2.75) is 56.4 Å². The van der Waals surface area contributed by atoms with Crippen LogP contribution in [-0.4, -0.2) is 50.9 Å². The standard InChI is InChI=1S/C20H31N3O3S/c1-15(2)16-5-7-19(8-6-16)27(25,26)23-12-9-17(10-13-23)20(24)22-18-4-3-11-21-14-18/h5-8,15,17-18,21H,3-4,9-14H2,1-2H3,(H,22,24)/t18-/m0/s1. The van der Waals surface area contributed by atoms with Crippen LogP contribution in [0.25, 0.3) is 0 Å². The van der Waals surface area contributed by atoms with Gasteiger partial charge in [-0.25, -0.2) is 8.42 Å². The Balaban J connectivity index is 1.56. The molecule has 2 N–H and O–H groups in total. The summed E-state index contributed by atoms with van der Waals surface area (Å²) in [6.45, 7) is 6.81. The van der Waals surface area contributed by atoms with Gasteiger partial charge in [0.2, 0.25) is 15.9 Å². The van der Waals surface area contributed by atoms with Crippen LogP contribution in [-0.2, 0) is 14.8 Å². The average Bonchev–Trinajstić information content (AvgIpc) is 2.69. The number of sulfonamides is 1. The third kappa shape index (κ3) is 4.89. The molecule has 1 aromatic carbocycles. The monoisotopic (exact) mass is 393 g/mol. The molecule has 7 heteroatoms. The molecule has 0 saturated carbocycles. The summed E-state index contributed by atoms with van der Waals surface area (Å²) in [5.74, 6) is 0.346. The van der Waals surface area contributed by atoms with Gasteiger partial charge in [-0.1, -0.05) is 26.0 Å². The zero-order chi connectivity index (χ0) is 19.4. The Morgan fingerprint density at radius 1 is 1.15 bits per heavy atom. The van der Waals surface area contributed by atoms with E-state index in [2.05, 4.69) is 24.5 Å². The van der Waals surface area contributed by atoms with Crippen LogP contribution < -0.4 is 10.6 Å². The third-order valence-corrected chi connectivity index (χ3v) is 7.57. The molecule has 2 aliphatic heterocycles. The molecule has 0 aliphatic carbocycles. The summed E-state index contributed by atoms with van der Waals surface area (Å²) in [5.41, 5.74) is 1.13. The topological polar surface area (TPSA) is 78.5 Å². The molecule has 0 radical (unpaired) electrons. The highest BCUT2D eigenvalue weighted by molar-refractivity contribution is 7.89. The van der Waals surface area contributed by atoms with Gasteiger partial charge < -0.3 is 10.6 Å². The summed E-state index contributed by atoms with van der Waals surface area (Å²) >= 11 is 0. The molecule has 1 atom stereocenters. The smallest absolute Gasteiger partial charge is 0.243 e. The lowest BCUT2D eigenvalue weighted by atomic mass is 9.96. The fourth-order valence-corrected chi connectivity index (χ4v) is 5.30. The first-order valence-corrected chi connectivity index (χ1v) is 11.4. The van der Waals surface area contributed by atoms with Crippen LogP contribution in [0.2, 0.25) is 0 Å². The van der Waals surface area contributed by atoms with Gasteiger partial charge in [-0.15, -0.1) is 0 Å². The molecule has 3 rings (SSSR count). The number of benzene rings is 1. The number of nitrogens with zero attached hydrogens (tertiary/aromatic N) is 1. The van der Waals surface area contributed by atoms with Crippen LogP contribution in [0.5, 0.6) is 0 Å². The van der Waals surface area contributed by atoms with Gasteiger partial charge in [-0.2, -0.15) is 4.31 Å². The lowest BCUT2D eigenvalue weighted by Gasteiger charge is -2.32. The predicted octanol–water partition coefficient (Wildman–Crippen LogP) is 2.08. The molecular formula is C20H31N3O3S. The van der Waals surface area contributed by atoms with Crippen LogP contribution in [0, 0.1) is 5.92 Å². The summed E-state index contributed by atoms with van der Waals surface area (Å²) in [7, 11) is -3.49. The van der Waals surface area contributed by atoms with Crippen molar-refractivity contribution >= 4 is 15.9 Å². The van der Waals surface area contributed by atoms with E-state index in [1.54, 1.807) is 12.1 Å². The number of carbonyl (C=O) groups excluding carboxylic acids is 1. The van der Waals surface area contributed by atoms with Crippen LogP contribution in [0.1, 0.15) is 51.0 Å². The molecule has 2 aliphatic rings. The number of amides is 1. The zero-order valence-electron chi connectivity index (χ0n) is 16.3. The van der Waals surface area contributed by atoms with Crippen molar-refractivity contribution in [3.63, 3.8) is 0 Å². The second-order valence-corrected chi connectivity index (χ2v) is 9.89. The number of piperidine rings is 2. The van der Waals surface area contributed by atoms with E-state index in [1.165, 1.54) is 4.31 Å². The third-order valence-electron chi connectivity index (χ3n) is 5.65. The first-order chi connectivity index (χ1) is 12.9. The fraction of sp³-hybridized carbons (Fsp3) is 0.650. The van der Waals surface area contributed by atoms with Crippen LogP contribution in [0.3, 0.4) is 0 Å². The Morgan fingerprint density at radius 2 is 1.81 bits per heavy atom. The Kier molecular flexibility index (Phi) is 6.55. The minimum atomic E-state index is -3.49. The minimum Gasteiger partial charge on any atom is -0.352 e. The van der Waals surface area contributed by atoms with Gasteiger partial charge in [0.1, 0.15) is 0 Å². The van der Waals surface area contributed by atoms with Crippen LogP contribution in [0.4, 0.5) is 0 Å². The van der Waals surface area contributed by atoms with Gasteiger partial charge in [-0.05, 0) is 55.8 Å². The molecule has 150 valence electrons. The normalized spacial score (nSPS) is 22.7. The maximum absolute atomic E-state index is 12.9. The van der Waals surface area contributed by atoms with Crippen molar-refractivity contribution in [2.75, 3.05) is 26.2 Å². The number of carbonyl (C=O) groups is 1. The van der Waals surface area contributed by atoms with Gasteiger partial charge in [0.25, 0.3) is 0 Å². The van der Waals surface area contributed by atoms with Gasteiger partial charge in [-0.3, -0.25) is 4.79 Å². The fourth-order valence-electron chi connectivity index (χ4n) is 3.83. The summed E-state index contributed by atoms with van der Waals surface area (Å²) in [4.78, 5) is 12.8. The van der Waals surface area contributed by atoms with Crippen molar-refractivity contribution in [2.24, 2.45) is 5.92 Å². The van der Waals surface area contributed by atoms with Crippen molar-refractivity contribution in [3.05, 3.63) is 29.8 Å². The van der Waals surface area contributed by atoms with Gasteiger partial charge in [0.15, 0.2) is 0 Å². The molecule has 6 nitrogen and oxygen atoms in total. The van der Waals surface area contributed by atoms with E-state index in [-0.39, 0.29) is 17.9 Å². The molecule has 27 heavy (non-hydrogen) atoms. The Hall–Kier alpha value is -1.44. The molecule has 0 aromatic heterocycles. The highest BCUT2D eigenvalue weighted by Crippen LogP contribution is 2.25. The molecule has 1 amide bonds. The van der Waals surface area contributed by atoms with Crippen LogP contribution >= 0.6 is 0 Å². The first-order valence-electron chi connectivity index (χ1n) is 9.99. The SMILES string of the molecule is CC(C)c1ccc(S(=O)(=O)N2CCC(C(=O)N[C@H]3CCCNC3)CC2)cc1. The summed E-state index contributed by atoms with van der Waals surface area (Å²) in [6, 6.07) is 7.36. The maximum Gasteiger partial charge on any atom is 0.243 e. The van der Waals surface area contributed by atoms with E-state index in [1.807, 2.05) is 12.1 Å². The average molecular weight is 394 g/mol. The highest BCUT2D eigenvalue weighted by Gasteiger charge is 2.32. The van der Waals surface area contributed by atoms with E-state index in [0.717, 1.165) is 31.5 Å². The zero-order valence-corrected chi connectivity index (χ0v) is 17.1. The van der Waals surface area contributed by atoms with Gasteiger partial charge in [0, 0.05) is 31.6 Å². The second kappa shape index (κ2) is 8.71. The maximum atomic E-state index is 12.9. The van der Waals surface area contributed by atoms with E-state index in [9.17, 15) is 13.2 Å². The highest BCUT2D eigenvalue weighted by atomic mass is 32.2. The molecule has 0 unspecified atom stereocenters. The van der Waals surface area contributed by atoms with E-state index in [4.69, 9.17) is 0 Å². The molecule has 2 saturated heterocycles. The molecule has 2 heterocycles. The second-order valence-electron chi connectivity index (χ2n) is 7.95. The van der Waals surface area contributed by atoms with Gasteiger partial charge >= 0.3 is 0 Å². The quantitative estimate of drug-likeness (QED) is 0.803. The summed E-state index contributed by atoms with van der Waals surface area (Å²) < 4.78 is 27.3. The molecule has 0 bridgehead atoms. The molecule has 2 fully saturated rings. The number of hydrogen-bond acceptors (Lipinski definition) is 4. The summed E-state index contributed by atoms with van der Waals surface area (Å²) in [6.07, 6.45) is 3.25. The molecule has 1 aromatic rings. The van der Waals surface area contributed by atoms with Crippen molar-refractivity contribution in [3.8, 4) is 0 Å². The lowest BCUT2D eigenvalue weighted by molar-refractivity contribution is -0.126. The lowest BCUT2D eigenvalue weighted by Crippen LogP contribution is -2.49. The van der Waals surface area contributed by atoms with Crippen molar-refractivity contribution in [1.29, 1.82) is 0 Å². The minimum absolute atomic E-state index is 0.0713. The number of hydrogen-bond donors (Lipinski definition) is 2. The number of nitrogens with one attached hydrogen (secondary N) is 2. The van der Waals surface area contributed by atoms with E-state index in [0.29, 0.717) is 36.7 Å². The van der Waals surface area contributed by atoms with E-state index >= 15 is 0 Å². The van der Waals surface area contributed by atoms with Crippen LogP contribution in [0.15, 0.2) is 29.2 Å². The van der Waals surface area contributed by atoms with Crippen molar-refractivity contribution in [1.82, 2.24) is 14.9 Å². The Bertz CT molecular complexity index is 732. The van der Waals surface area contributed by atoms with Crippen molar-refractivity contribution < 1.29 is 13.2 Å². The largest absolute Gasteiger partial charge is 0.352 e. The summed E-state index contributed by atoms with van der Waals surface area (Å²) in [5, 5.41) is 6.42. The predicted molar refractivity (Wildman–Crippen MR) is 106 cm³/mol. The Labute approximate surface area is 162 Å².